The molecule has 7 nitrogen and oxygen atoms in total. The van der Waals surface area contributed by atoms with Crippen LogP contribution in [-0.2, 0) is 11.8 Å². The average Bonchev–Trinajstić information content (AvgIpc) is 2.60. The van der Waals surface area contributed by atoms with Crippen LogP contribution >= 0.6 is 0 Å². The van der Waals surface area contributed by atoms with E-state index in [-0.39, 0.29) is 0 Å². The van der Waals surface area contributed by atoms with Crippen molar-refractivity contribution in [3.63, 3.8) is 0 Å². The Labute approximate surface area is 118 Å². The van der Waals surface area contributed by atoms with E-state index in [1.54, 1.807) is 18.8 Å². The molecule has 0 aromatic carbocycles. The molecule has 7 heteroatoms. The van der Waals surface area contributed by atoms with E-state index >= 15 is 0 Å². The highest BCUT2D eigenvalue weighted by molar-refractivity contribution is 5.77. The summed E-state index contributed by atoms with van der Waals surface area (Å²) in [5, 5.41) is 17.2. The zero-order valence-corrected chi connectivity index (χ0v) is 12.2. The van der Waals surface area contributed by atoms with Gasteiger partial charge in [0, 0.05) is 26.7 Å². The number of carboxylic acids is 1. The van der Waals surface area contributed by atoms with Crippen molar-refractivity contribution in [3.8, 4) is 5.88 Å². The number of nitrogens with one attached hydrogen (secondary N) is 1. The van der Waals surface area contributed by atoms with Crippen LogP contribution in [0.5, 0.6) is 5.88 Å². The average molecular weight is 282 g/mol. The Hall–Kier alpha value is -1.60. The molecular weight excluding hydrogens is 260 g/mol. The van der Waals surface area contributed by atoms with Crippen LogP contribution in [0.4, 0.5) is 0 Å². The molecule has 1 aromatic rings. The molecule has 2 rings (SSSR count). The molecular formula is C13H22N4O3. The molecule has 1 saturated heterocycles. The van der Waals surface area contributed by atoms with Crippen LogP contribution in [0, 0.1) is 6.92 Å². The number of hydrogen-bond acceptors (Lipinski definition) is 5. The van der Waals surface area contributed by atoms with E-state index in [2.05, 4.69) is 10.4 Å². The van der Waals surface area contributed by atoms with Gasteiger partial charge in [0.25, 0.3) is 0 Å². The molecule has 0 spiro atoms. The molecule has 20 heavy (non-hydrogen) atoms. The second-order valence-corrected chi connectivity index (χ2v) is 5.01. The first kappa shape index (κ1) is 14.8. The van der Waals surface area contributed by atoms with Gasteiger partial charge in [0.2, 0.25) is 5.88 Å². The standard InChI is InChI=1S/C13H22N4O3/c1-9-10(12(20-3)16(2)15-9)11(13(18)19)17-7-4-5-14-6-8-17/h11,14H,4-8H2,1-3H3,(H,18,19). The van der Waals surface area contributed by atoms with Crippen LogP contribution in [0.15, 0.2) is 0 Å². The third-order valence-corrected chi connectivity index (χ3v) is 3.65. The van der Waals surface area contributed by atoms with Crippen molar-refractivity contribution < 1.29 is 14.6 Å². The largest absolute Gasteiger partial charge is 0.481 e. The van der Waals surface area contributed by atoms with Crippen LogP contribution in [0.2, 0.25) is 0 Å². The summed E-state index contributed by atoms with van der Waals surface area (Å²) >= 11 is 0. The summed E-state index contributed by atoms with van der Waals surface area (Å²) < 4.78 is 6.94. The Morgan fingerprint density at radius 1 is 1.45 bits per heavy atom. The van der Waals surface area contributed by atoms with E-state index < -0.39 is 12.0 Å². The maximum Gasteiger partial charge on any atom is 0.325 e. The molecule has 1 fully saturated rings. The number of aryl methyl sites for hydroxylation is 2. The van der Waals surface area contributed by atoms with Crippen LogP contribution in [0.3, 0.4) is 0 Å². The van der Waals surface area contributed by atoms with Crippen LogP contribution in [0.1, 0.15) is 23.7 Å². The lowest BCUT2D eigenvalue weighted by atomic mass is 10.1. The van der Waals surface area contributed by atoms with Gasteiger partial charge in [-0.2, -0.15) is 5.10 Å². The van der Waals surface area contributed by atoms with Crippen LogP contribution in [-0.4, -0.2) is 59.0 Å². The zero-order chi connectivity index (χ0) is 14.7. The highest BCUT2D eigenvalue weighted by Gasteiger charge is 2.34. The zero-order valence-electron chi connectivity index (χ0n) is 12.2. The van der Waals surface area contributed by atoms with Crippen LogP contribution < -0.4 is 10.1 Å². The highest BCUT2D eigenvalue weighted by Crippen LogP contribution is 2.32. The first-order valence-corrected chi connectivity index (χ1v) is 6.81. The van der Waals surface area contributed by atoms with Gasteiger partial charge in [-0.3, -0.25) is 9.69 Å². The van der Waals surface area contributed by atoms with Crippen molar-refractivity contribution in [2.75, 3.05) is 33.3 Å². The molecule has 1 aliphatic heterocycles. The van der Waals surface area contributed by atoms with E-state index in [0.29, 0.717) is 23.7 Å². The van der Waals surface area contributed by atoms with E-state index in [1.165, 1.54) is 0 Å². The lowest BCUT2D eigenvalue weighted by molar-refractivity contribution is -0.143. The predicted molar refractivity (Wildman–Crippen MR) is 73.9 cm³/mol. The number of ether oxygens (including phenoxy) is 1. The summed E-state index contributed by atoms with van der Waals surface area (Å²) in [5.41, 5.74) is 1.36. The van der Waals surface area contributed by atoms with Gasteiger partial charge >= 0.3 is 5.97 Å². The van der Waals surface area contributed by atoms with E-state index in [9.17, 15) is 9.90 Å². The monoisotopic (exact) mass is 282 g/mol. The molecule has 1 aromatic heterocycles. The van der Waals surface area contributed by atoms with Gasteiger partial charge in [0.1, 0.15) is 6.04 Å². The molecule has 0 amide bonds. The van der Waals surface area contributed by atoms with Crippen molar-refractivity contribution in [3.05, 3.63) is 11.3 Å². The molecule has 0 bridgehead atoms. The minimum atomic E-state index is -0.860. The topological polar surface area (TPSA) is 79.6 Å². The van der Waals surface area contributed by atoms with Gasteiger partial charge in [0.05, 0.1) is 18.4 Å². The summed E-state index contributed by atoms with van der Waals surface area (Å²) in [7, 11) is 3.31. The van der Waals surface area contributed by atoms with Gasteiger partial charge in [0.15, 0.2) is 0 Å². The Bertz CT molecular complexity index is 478. The minimum absolute atomic E-state index is 0.520. The van der Waals surface area contributed by atoms with Crippen molar-refractivity contribution in [2.45, 2.75) is 19.4 Å². The maximum absolute atomic E-state index is 11.8. The highest BCUT2D eigenvalue weighted by atomic mass is 16.5. The first-order chi connectivity index (χ1) is 9.56. The summed E-state index contributed by atoms with van der Waals surface area (Å²) in [6, 6.07) is -0.710. The number of carbonyl (C=O) groups is 1. The van der Waals surface area contributed by atoms with Crippen LogP contribution in [0.25, 0.3) is 0 Å². The van der Waals surface area contributed by atoms with E-state index in [1.807, 2.05) is 11.8 Å². The summed E-state index contributed by atoms with van der Waals surface area (Å²) in [6.07, 6.45) is 0.936. The second kappa shape index (κ2) is 6.23. The lowest BCUT2D eigenvalue weighted by Gasteiger charge is -2.27. The number of rotatable bonds is 4. The summed E-state index contributed by atoms with van der Waals surface area (Å²) in [6.45, 7) is 5.00. The maximum atomic E-state index is 11.8. The Morgan fingerprint density at radius 2 is 2.20 bits per heavy atom. The fraction of sp³-hybridized carbons (Fsp3) is 0.692. The molecule has 1 unspecified atom stereocenters. The number of hydrogen-bond donors (Lipinski definition) is 2. The Morgan fingerprint density at radius 3 is 2.85 bits per heavy atom. The van der Waals surface area contributed by atoms with E-state index in [0.717, 1.165) is 26.1 Å². The fourth-order valence-electron chi connectivity index (χ4n) is 2.80. The van der Waals surface area contributed by atoms with Gasteiger partial charge in [-0.25, -0.2) is 4.68 Å². The smallest absolute Gasteiger partial charge is 0.325 e. The Kier molecular flexibility index (Phi) is 4.61. The minimum Gasteiger partial charge on any atom is -0.481 e. The molecule has 0 aliphatic carbocycles. The number of aliphatic carboxylic acids is 1. The fourth-order valence-corrected chi connectivity index (χ4v) is 2.80. The third kappa shape index (κ3) is 2.78. The summed E-state index contributed by atoms with van der Waals surface area (Å²) in [5.74, 6) is -0.339. The predicted octanol–water partition coefficient (Wildman–Crippen LogP) is 0.158. The number of carboxylic acid groups (broad SMARTS) is 1. The molecule has 112 valence electrons. The van der Waals surface area contributed by atoms with Gasteiger partial charge in [-0.15, -0.1) is 0 Å². The molecule has 1 aliphatic rings. The number of aromatic nitrogens is 2. The van der Waals surface area contributed by atoms with Gasteiger partial charge in [-0.1, -0.05) is 0 Å². The Balaban J connectivity index is 2.40. The quantitative estimate of drug-likeness (QED) is 0.819. The van der Waals surface area contributed by atoms with Crippen molar-refractivity contribution in [1.29, 1.82) is 0 Å². The van der Waals surface area contributed by atoms with E-state index in [4.69, 9.17) is 4.74 Å². The first-order valence-electron chi connectivity index (χ1n) is 6.81. The normalized spacial score (nSPS) is 18.6. The van der Waals surface area contributed by atoms with Crippen molar-refractivity contribution in [1.82, 2.24) is 20.0 Å². The summed E-state index contributed by atoms with van der Waals surface area (Å²) in [4.78, 5) is 13.8. The molecule has 0 saturated carbocycles. The molecule has 2 N–H and O–H groups in total. The van der Waals surface area contributed by atoms with Gasteiger partial charge in [-0.05, 0) is 19.9 Å². The van der Waals surface area contributed by atoms with Crippen molar-refractivity contribution >= 4 is 5.97 Å². The SMILES string of the molecule is COc1c(C(C(=O)O)N2CCCNCC2)c(C)nn1C. The molecule has 0 radical (unpaired) electrons. The number of methoxy groups -OCH3 is 1. The lowest BCUT2D eigenvalue weighted by Crippen LogP contribution is -2.37. The second-order valence-electron chi connectivity index (χ2n) is 5.01. The number of nitrogens with zero attached hydrogens (tertiary/aromatic N) is 3. The third-order valence-electron chi connectivity index (χ3n) is 3.65. The van der Waals surface area contributed by atoms with Gasteiger partial charge < -0.3 is 15.2 Å². The molecule has 1 atom stereocenters. The molecule has 2 heterocycles. The van der Waals surface area contributed by atoms with Crippen molar-refractivity contribution in [2.24, 2.45) is 7.05 Å².